The number of hydrogen-bond donors (Lipinski definition) is 3. The van der Waals surface area contributed by atoms with E-state index in [4.69, 9.17) is 5.73 Å². The average Bonchev–Trinajstić information content (AvgIpc) is 3.26. The number of benzene rings is 1. The number of ketones is 1. The van der Waals surface area contributed by atoms with Gasteiger partial charge in [-0.25, -0.2) is 9.48 Å². The molecule has 0 spiro atoms. The molecule has 2 heterocycles. The number of nitrogens with two attached hydrogens (primary N) is 1. The van der Waals surface area contributed by atoms with Crippen molar-refractivity contribution in [1.29, 1.82) is 5.26 Å². The summed E-state index contributed by atoms with van der Waals surface area (Å²) in [6.45, 7) is 5.60. The minimum atomic E-state index is -1.03. The molecule has 160 valence electrons. The third-order valence-corrected chi connectivity index (χ3v) is 5.96. The van der Waals surface area contributed by atoms with Crippen LogP contribution in [-0.4, -0.2) is 32.7 Å². The normalized spacial score (nSPS) is 11.8. The molecule has 0 aliphatic carbocycles. The van der Waals surface area contributed by atoms with Crippen molar-refractivity contribution >= 4 is 33.8 Å². The highest BCUT2D eigenvalue weighted by Crippen LogP contribution is 2.37. The maximum Gasteiger partial charge on any atom is 0.326 e. The second-order valence-electron chi connectivity index (χ2n) is 7.55. The Morgan fingerprint density at radius 3 is 2.58 bits per heavy atom. The Hall–Kier alpha value is -3.64. The van der Waals surface area contributed by atoms with Crippen molar-refractivity contribution in [1.82, 2.24) is 9.78 Å². The lowest BCUT2D eigenvalue weighted by atomic mass is 10.0. The molecule has 0 bridgehead atoms. The number of carboxylic acid groups (broad SMARTS) is 1. The molecule has 0 saturated heterocycles. The molecule has 31 heavy (non-hydrogen) atoms. The van der Waals surface area contributed by atoms with Gasteiger partial charge in [-0.1, -0.05) is 32.0 Å². The van der Waals surface area contributed by atoms with Crippen LogP contribution in [0.3, 0.4) is 0 Å². The number of hydrogen-bond acceptors (Lipinski definition) is 7. The summed E-state index contributed by atoms with van der Waals surface area (Å²) < 4.78 is 1.66. The van der Waals surface area contributed by atoms with Crippen molar-refractivity contribution in [3.8, 4) is 11.8 Å². The zero-order valence-corrected chi connectivity index (χ0v) is 18.2. The Bertz CT molecular complexity index is 1160. The molecular formula is C22H23N5O3S. The van der Waals surface area contributed by atoms with E-state index in [1.807, 2.05) is 50.2 Å². The number of nitrogens with zero attached hydrogens (tertiary/aromatic N) is 3. The largest absolute Gasteiger partial charge is 0.480 e. The van der Waals surface area contributed by atoms with Gasteiger partial charge in [-0.05, 0) is 31.4 Å². The summed E-state index contributed by atoms with van der Waals surface area (Å²) in [7, 11) is 0. The number of nitrogen functional groups attached to an aromatic ring is 1. The number of nitriles is 1. The van der Waals surface area contributed by atoms with Crippen LogP contribution in [0.4, 0.5) is 10.7 Å². The summed E-state index contributed by atoms with van der Waals surface area (Å²) in [5.74, 6) is -1.26. The van der Waals surface area contributed by atoms with E-state index >= 15 is 0 Å². The number of thiophene rings is 1. The molecule has 1 atom stereocenters. The molecular weight excluding hydrogens is 414 g/mol. The van der Waals surface area contributed by atoms with Crippen LogP contribution in [0.15, 0.2) is 36.5 Å². The zero-order chi connectivity index (χ0) is 22.7. The number of para-hydroxylation sites is 1. The van der Waals surface area contributed by atoms with Gasteiger partial charge in [-0.3, -0.25) is 4.79 Å². The Kier molecular flexibility index (Phi) is 6.42. The van der Waals surface area contributed by atoms with Crippen LogP contribution in [0.1, 0.15) is 46.8 Å². The average molecular weight is 438 g/mol. The van der Waals surface area contributed by atoms with Gasteiger partial charge in [0.25, 0.3) is 0 Å². The number of rotatable bonds is 8. The molecule has 2 aromatic heterocycles. The van der Waals surface area contributed by atoms with Gasteiger partial charge in [0, 0.05) is 0 Å². The first-order valence-electron chi connectivity index (χ1n) is 9.71. The van der Waals surface area contributed by atoms with Crippen molar-refractivity contribution < 1.29 is 14.7 Å². The number of carbonyl (C=O) groups excluding carboxylic acids is 1. The van der Waals surface area contributed by atoms with E-state index in [1.54, 1.807) is 11.6 Å². The lowest BCUT2D eigenvalue weighted by Gasteiger charge is -2.16. The molecule has 0 radical (unpaired) electrons. The maximum atomic E-state index is 13.2. The molecule has 8 nitrogen and oxygen atoms in total. The lowest BCUT2D eigenvalue weighted by molar-refractivity contribution is -0.138. The zero-order valence-electron chi connectivity index (χ0n) is 17.4. The Balaban J connectivity index is 1.97. The van der Waals surface area contributed by atoms with E-state index in [-0.39, 0.29) is 32.8 Å². The van der Waals surface area contributed by atoms with Crippen LogP contribution in [0.2, 0.25) is 0 Å². The third-order valence-electron chi connectivity index (χ3n) is 4.83. The van der Waals surface area contributed by atoms with Crippen molar-refractivity contribution in [3.05, 3.63) is 58.2 Å². The minimum absolute atomic E-state index is 0.0422. The first kappa shape index (κ1) is 22.1. The topological polar surface area (TPSA) is 134 Å². The van der Waals surface area contributed by atoms with Gasteiger partial charge in [0.1, 0.15) is 27.6 Å². The van der Waals surface area contributed by atoms with Crippen LogP contribution < -0.4 is 11.1 Å². The smallest absolute Gasteiger partial charge is 0.326 e. The fourth-order valence-corrected chi connectivity index (χ4v) is 4.34. The molecule has 9 heteroatoms. The predicted molar refractivity (Wildman–Crippen MR) is 120 cm³/mol. The fourth-order valence-electron chi connectivity index (χ4n) is 3.26. The molecule has 1 unspecified atom stereocenters. The fraction of sp³-hybridized carbons (Fsp3) is 0.273. The van der Waals surface area contributed by atoms with Crippen LogP contribution in [0.25, 0.3) is 5.69 Å². The van der Waals surface area contributed by atoms with E-state index in [0.29, 0.717) is 17.7 Å². The molecule has 1 aromatic carbocycles. The van der Waals surface area contributed by atoms with Crippen LogP contribution in [0.5, 0.6) is 0 Å². The first-order chi connectivity index (χ1) is 14.7. The maximum absolute atomic E-state index is 13.2. The molecule has 0 fully saturated rings. The molecule has 3 rings (SSSR count). The summed E-state index contributed by atoms with van der Waals surface area (Å²) in [5, 5.41) is 26.6. The molecule has 4 N–H and O–H groups in total. The van der Waals surface area contributed by atoms with Crippen molar-refractivity contribution in [3.63, 3.8) is 0 Å². The van der Waals surface area contributed by atoms with Crippen molar-refractivity contribution in [2.24, 2.45) is 5.92 Å². The number of anilines is 2. The second-order valence-corrected chi connectivity index (χ2v) is 8.57. The van der Waals surface area contributed by atoms with Gasteiger partial charge >= 0.3 is 5.97 Å². The Morgan fingerprint density at radius 1 is 1.32 bits per heavy atom. The number of carbonyl (C=O) groups is 2. The van der Waals surface area contributed by atoms with Gasteiger partial charge < -0.3 is 16.2 Å². The highest BCUT2D eigenvalue weighted by Gasteiger charge is 2.28. The predicted octanol–water partition coefficient (Wildman–Crippen LogP) is 3.84. The van der Waals surface area contributed by atoms with Gasteiger partial charge in [-0.15, -0.1) is 11.3 Å². The van der Waals surface area contributed by atoms with Crippen LogP contribution in [0, 0.1) is 24.2 Å². The van der Waals surface area contributed by atoms with E-state index in [2.05, 4.69) is 10.4 Å². The number of aliphatic carboxylic acids is 1. The SMILES string of the molecule is Cc1c(C(=O)c2sc(NC(CC(C)C)C(=O)O)c(C#N)c2N)cnn1-c1ccccc1. The minimum Gasteiger partial charge on any atom is -0.480 e. The highest BCUT2D eigenvalue weighted by molar-refractivity contribution is 7.19. The first-order valence-corrected chi connectivity index (χ1v) is 10.5. The molecule has 3 aromatic rings. The van der Waals surface area contributed by atoms with E-state index in [0.717, 1.165) is 17.0 Å². The third kappa shape index (κ3) is 4.44. The van der Waals surface area contributed by atoms with E-state index < -0.39 is 12.0 Å². The second kappa shape index (κ2) is 9.02. The molecule has 0 aliphatic rings. The van der Waals surface area contributed by atoms with Gasteiger partial charge in [0.15, 0.2) is 0 Å². The number of aromatic nitrogens is 2. The number of nitrogens with one attached hydrogen (secondary N) is 1. The van der Waals surface area contributed by atoms with Crippen LogP contribution in [-0.2, 0) is 4.79 Å². The quantitative estimate of drug-likeness (QED) is 0.456. The molecule has 0 aliphatic heterocycles. The summed E-state index contributed by atoms with van der Waals surface area (Å²) in [6, 6.07) is 10.5. The Morgan fingerprint density at radius 2 is 2.00 bits per heavy atom. The van der Waals surface area contributed by atoms with Crippen molar-refractivity contribution in [2.75, 3.05) is 11.1 Å². The Labute approximate surface area is 183 Å². The summed E-state index contributed by atoms with van der Waals surface area (Å²) in [6.07, 6.45) is 1.84. The van der Waals surface area contributed by atoms with Gasteiger partial charge in [0.05, 0.1) is 28.8 Å². The van der Waals surface area contributed by atoms with Crippen LogP contribution >= 0.6 is 11.3 Å². The summed E-state index contributed by atoms with van der Waals surface area (Å²) in [4.78, 5) is 25.0. The highest BCUT2D eigenvalue weighted by atomic mass is 32.1. The number of carboxylic acids is 1. The van der Waals surface area contributed by atoms with Gasteiger partial charge in [-0.2, -0.15) is 10.4 Å². The van der Waals surface area contributed by atoms with E-state index in [1.165, 1.54) is 6.20 Å². The van der Waals surface area contributed by atoms with Crippen molar-refractivity contribution in [2.45, 2.75) is 33.2 Å². The van der Waals surface area contributed by atoms with E-state index in [9.17, 15) is 20.0 Å². The van der Waals surface area contributed by atoms with Gasteiger partial charge in [0.2, 0.25) is 5.78 Å². The molecule has 0 amide bonds. The molecule has 0 saturated carbocycles. The lowest BCUT2D eigenvalue weighted by Crippen LogP contribution is -2.30. The summed E-state index contributed by atoms with van der Waals surface area (Å²) >= 11 is 0.992. The standard InChI is InChI=1S/C22H23N5O3S/c1-12(2)9-17(22(29)30)26-21-15(10-23)18(24)20(31-21)19(28)16-11-25-27(13(16)3)14-7-5-4-6-8-14/h4-8,11-12,17,26H,9,24H2,1-3H3,(H,29,30). The summed E-state index contributed by atoms with van der Waals surface area (Å²) in [5.41, 5.74) is 8.07. The monoisotopic (exact) mass is 437 g/mol.